The molecule has 0 aromatic heterocycles. The van der Waals surface area contributed by atoms with Gasteiger partial charge in [0.25, 0.3) is 0 Å². The Bertz CT molecular complexity index is 1040. The molecule has 2 aliphatic rings. The van der Waals surface area contributed by atoms with Crippen molar-refractivity contribution >= 4 is 12.0 Å². The van der Waals surface area contributed by atoms with Gasteiger partial charge in [-0.3, -0.25) is 0 Å². The second-order valence-electron chi connectivity index (χ2n) is 6.95. The summed E-state index contributed by atoms with van der Waals surface area (Å²) >= 11 is 0. The summed E-state index contributed by atoms with van der Waals surface area (Å²) in [6.45, 7) is 2.36. The van der Waals surface area contributed by atoms with E-state index in [0.717, 1.165) is 0 Å². The summed E-state index contributed by atoms with van der Waals surface area (Å²) in [5.74, 6) is 0.243. The molecular formula is C22H22FN3O5. The Balaban J connectivity index is 1.62. The van der Waals surface area contributed by atoms with Crippen molar-refractivity contribution < 1.29 is 28.2 Å². The molecule has 0 spiro atoms. The first-order valence-electron chi connectivity index (χ1n) is 9.88. The van der Waals surface area contributed by atoms with Crippen LogP contribution in [0.3, 0.4) is 0 Å². The molecule has 2 aromatic rings. The third-order valence-electron chi connectivity index (χ3n) is 4.95. The van der Waals surface area contributed by atoms with Crippen LogP contribution in [0, 0.1) is 5.82 Å². The van der Waals surface area contributed by atoms with Gasteiger partial charge in [0.15, 0.2) is 11.5 Å². The molecular weight excluding hydrogens is 405 g/mol. The molecule has 31 heavy (non-hydrogen) atoms. The summed E-state index contributed by atoms with van der Waals surface area (Å²) in [7, 11) is 0. The summed E-state index contributed by atoms with van der Waals surface area (Å²) in [6, 6.07) is 10.4. The van der Waals surface area contributed by atoms with E-state index in [2.05, 4.69) is 16.0 Å². The minimum absolute atomic E-state index is 0.114. The van der Waals surface area contributed by atoms with E-state index in [0.29, 0.717) is 28.3 Å². The zero-order valence-electron chi connectivity index (χ0n) is 16.9. The average molecular weight is 427 g/mol. The normalized spacial score (nSPS) is 17.2. The van der Waals surface area contributed by atoms with Crippen LogP contribution in [0.2, 0.25) is 0 Å². The van der Waals surface area contributed by atoms with Crippen molar-refractivity contribution in [3.63, 3.8) is 0 Å². The smallest absolute Gasteiger partial charge is 0.338 e. The highest BCUT2D eigenvalue weighted by molar-refractivity contribution is 5.95. The molecule has 0 fully saturated rings. The quantitative estimate of drug-likeness (QED) is 0.588. The second-order valence-corrected chi connectivity index (χ2v) is 6.95. The minimum Gasteiger partial charge on any atom is -0.463 e. The highest BCUT2D eigenvalue weighted by atomic mass is 19.1. The Hall–Kier alpha value is -3.59. The molecule has 2 aromatic carbocycles. The molecule has 0 saturated heterocycles. The van der Waals surface area contributed by atoms with Crippen molar-refractivity contribution in [2.24, 2.45) is 0 Å². The monoisotopic (exact) mass is 427 g/mol. The number of amides is 2. The Labute approximate surface area is 178 Å². The summed E-state index contributed by atoms with van der Waals surface area (Å²) in [5, 5.41) is 8.52. The van der Waals surface area contributed by atoms with Gasteiger partial charge in [0, 0.05) is 24.4 Å². The first-order valence-corrected chi connectivity index (χ1v) is 9.88. The molecule has 0 unspecified atom stereocenters. The largest absolute Gasteiger partial charge is 0.463 e. The van der Waals surface area contributed by atoms with Crippen molar-refractivity contribution in [1.82, 2.24) is 16.0 Å². The summed E-state index contributed by atoms with van der Waals surface area (Å²) in [4.78, 5) is 25.2. The van der Waals surface area contributed by atoms with Crippen LogP contribution < -0.4 is 25.4 Å². The molecule has 4 rings (SSSR count). The number of benzene rings is 2. The molecule has 162 valence electrons. The lowest BCUT2D eigenvalue weighted by Gasteiger charge is -2.29. The Morgan fingerprint density at radius 1 is 1.19 bits per heavy atom. The maximum atomic E-state index is 13.9. The van der Waals surface area contributed by atoms with Gasteiger partial charge in [0.05, 0.1) is 18.2 Å². The Morgan fingerprint density at radius 3 is 2.81 bits per heavy atom. The number of carbonyl (C=O) groups excluding carboxylic acids is 2. The van der Waals surface area contributed by atoms with Gasteiger partial charge < -0.3 is 30.2 Å². The van der Waals surface area contributed by atoms with E-state index in [1.165, 1.54) is 6.07 Å². The van der Waals surface area contributed by atoms with Crippen molar-refractivity contribution in [3.8, 4) is 11.5 Å². The zero-order chi connectivity index (χ0) is 21.8. The molecule has 9 heteroatoms. The lowest BCUT2D eigenvalue weighted by Crippen LogP contribution is -2.48. The molecule has 0 radical (unpaired) electrons. The Kier molecular flexibility index (Phi) is 6.03. The highest BCUT2D eigenvalue weighted by Gasteiger charge is 2.34. The van der Waals surface area contributed by atoms with Crippen LogP contribution in [-0.2, 0) is 16.1 Å². The second kappa shape index (κ2) is 9.05. The van der Waals surface area contributed by atoms with Crippen LogP contribution in [0.25, 0.3) is 0 Å². The third-order valence-corrected chi connectivity index (χ3v) is 4.95. The SMILES string of the molecule is CCOC(=O)C1=C(CNCc2ccccc2F)NC(=O)N[C@@H]1c1ccc2c(c1)OCO2. The minimum atomic E-state index is -0.743. The number of esters is 1. The van der Waals surface area contributed by atoms with E-state index in [-0.39, 0.29) is 37.9 Å². The maximum Gasteiger partial charge on any atom is 0.338 e. The summed E-state index contributed by atoms with van der Waals surface area (Å²) in [5.41, 5.74) is 1.75. The van der Waals surface area contributed by atoms with Crippen molar-refractivity contribution in [1.29, 1.82) is 0 Å². The van der Waals surface area contributed by atoms with E-state index in [1.807, 2.05) is 0 Å². The van der Waals surface area contributed by atoms with E-state index < -0.39 is 18.0 Å². The standard InChI is InChI=1S/C22H22FN3O5/c1-2-29-21(27)19-16(11-24-10-14-5-3-4-6-15(14)23)25-22(28)26-20(19)13-7-8-17-18(9-13)31-12-30-17/h3-9,20,24H,2,10-12H2,1H3,(H2,25,26,28)/t20-/m1/s1. The predicted octanol–water partition coefficient (Wildman–Crippen LogP) is 2.52. The van der Waals surface area contributed by atoms with Gasteiger partial charge in [-0.25, -0.2) is 14.0 Å². The number of halogens is 1. The van der Waals surface area contributed by atoms with Gasteiger partial charge >= 0.3 is 12.0 Å². The highest BCUT2D eigenvalue weighted by Crippen LogP contribution is 2.37. The number of urea groups is 1. The summed E-state index contributed by atoms with van der Waals surface area (Å²) < 4.78 is 29.9. The molecule has 2 amide bonds. The van der Waals surface area contributed by atoms with Gasteiger partial charge in [-0.05, 0) is 30.7 Å². The number of nitrogens with one attached hydrogen (secondary N) is 3. The molecule has 0 aliphatic carbocycles. The first-order chi connectivity index (χ1) is 15.1. The van der Waals surface area contributed by atoms with Crippen LogP contribution in [-0.4, -0.2) is 31.9 Å². The fraction of sp³-hybridized carbons (Fsp3) is 0.273. The predicted molar refractivity (Wildman–Crippen MR) is 109 cm³/mol. The van der Waals surface area contributed by atoms with Crippen LogP contribution >= 0.6 is 0 Å². The lowest BCUT2D eigenvalue weighted by molar-refractivity contribution is -0.139. The van der Waals surface area contributed by atoms with Gasteiger partial charge in [-0.1, -0.05) is 24.3 Å². The molecule has 0 saturated carbocycles. The Morgan fingerprint density at radius 2 is 2.00 bits per heavy atom. The molecule has 8 nitrogen and oxygen atoms in total. The van der Waals surface area contributed by atoms with Gasteiger partial charge in [-0.2, -0.15) is 0 Å². The number of fused-ring (bicyclic) bond motifs is 1. The van der Waals surface area contributed by atoms with Gasteiger partial charge in [0.1, 0.15) is 5.82 Å². The van der Waals surface area contributed by atoms with E-state index in [4.69, 9.17) is 14.2 Å². The number of rotatable bonds is 7. The topological polar surface area (TPSA) is 97.9 Å². The van der Waals surface area contributed by atoms with Crippen LogP contribution in [0.5, 0.6) is 11.5 Å². The number of ether oxygens (including phenoxy) is 3. The van der Waals surface area contributed by atoms with Crippen molar-refractivity contribution in [2.75, 3.05) is 19.9 Å². The van der Waals surface area contributed by atoms with E-state index in [9.17, 15) is 14.0 Å². The van der Waals surface area contributed by atoms with Crippen LogP contribution in [0.4, 0.5) is 9.18 Å². The lowest BCUT2D eigenvalue weighted by atomic mass is 9.94. The van der Waals surface area contributed by atoms with Gasteiger partial charge in [0.2, 0.25) is 6.79 Å². The molecule has 1 atom stereocenters. The van der Waals surface area contributed by atoms with Gasteiger partial charge in [-0.15, -0.1) is 0 Å². The first kappa shape index (κ1) is 20.7. The number of carbonyl (C=O) groups is 2. The molecule has 3 N–H and O–H groups in total. The third kappa shape index (κ3) is 4.46. The maximum absolute atomic E-state index is 13.9. The van der Waals surface area contributed by atoms with Crippen molar-refractivity contribution in [3.05, 3.63) is 70.7 Å². The van der Waals surface area contributed by atoms with Crippen LogP contribution in [0.15, 0.2) is 53.7 Å². The summed E-state index contributed by atoms with van der Waals surface area (Å²) in [6.07, 6.45) is 0. The van der Waals surface area contributed by atoms with E-state index in [1.54, 1.807) is 43.3 Å². The fourth-order valence-corrected chi connectivity index (χ4v) is 3.51. The average Bonchev–Trinajstić information content (AvgIpc) is 3.22. The molecule has 2 aliphatic heterocycles. The zero-order valence-corrected chi connectivity index (χ0v) is 16.9. The van der Waals surface area contributed by atoms with E-state index >= 15 is 0 Å². The van der Waals surface area contributed by atoms with Crippen molar-refractivity contribution in [2.45, 2.75) is 19.5 Å². The fourth-order valence-electron chi connectivity index (χ4n) is 3.51. The number of hydrogen-bond donors (Lipinski definition) is 3. The number of hydrogen-bond acceptors (Lipinski definition) is 6. The molecule has 0 bridgehead atoms. The van der Waals surface area contributed by atoms with Crippen LogP contribution in [0.1, 0.15) is 24.1 Å². The molecule has 2 heterocycles.